The molecule has 2 nitrogen and oxygen atoms in total. The average Bonchev–Trinajstić information content (AvgIpc) is 2.76. The molecular weight excluding hydrogens is 210 g/mol. The zero-order chi connectivity index (χ0) is 12.3. The Morgan fingerprint density at radius 3 is 2.29 bits per heavy atom. The van der Waals surface area contributed by atoms with Crippen molar-refractivity contribution < 1.29 is 4.42 Å². The van der Waals surface area contributed by atoms with Crippen LogP contribution < -0.4 is 0 Å². The van der Waals surface area contributed by atoms with Gasteiger partial charge in [0.1, 0.15) is 5.58 Å². The number of hydrogen-bond acceptors (Lipinski definition) is 2. The van der Waals surface area contributed by atoms with Gasteiger partial charge in [-0.15, -0.1) is 0 Å². The van der Waals surface area contributed by atoms with Crippen molar-refractivity contribution in [3.05, 3.63) is 48.7 Å². The van der Waals surface area contributed by atoms with E-state index in [1.807, 2.05) is 44.2 Å². The summed E-state index contributed by atoms with van der Waals surface area (Å²) in [6.07, 6.45) is 1.73. The van der Waals surface area contributed by atoms with E-state index in [1.54, 1.807) is 6.26 Å². The molecule has 3 aromatic rings. The van der Waals surface area contributed by atoms with Crippen LogP contribution in [0.15, 0.2) is 53.1 Å². The maximum absolute atomic E-state index is 5.33. The van der Waals surface area contributed by atoms with Crippen LogP contribution in [0.1, 0.15) is 0 Å². The highest BCUT2D eigenvalue weighted by Gasteiger charge is 2.00. The average molecular weight is 227 g/mol. The van der Waals surface area contributed by atoms with Gasteiger partial charge in [0.05, 0.1) is 6.26 Å². The minimum Gasteiger partial charge on any atom is -0.464 e. The summed E-state index contributed by atoms with van der Waals surface area (Å²) in [4.78, 5) is 2.00. The molecule has 0 atom stereocenters. The smallest absolute Gasteiger partial charge is 0.134 e. The third kappa shape index (κ3) is 2.66. The van der Waals surface area contributed by atoms with E-state index in [4.69, 9.17) is 4.42 Å². The van der Waals surface area contributed by atoms with Crippen molar-refractivity contribution in [3.63, 3.8) is 0 Å². The molecule has 0 saturated heterocycles. The Hall–Kier alpha value is -1.80. The molecule has 17 heavy (non-hydrogen) atoms. The summed E-state index contributed by atoms with van der Waals surface area (Å²) >= 11 is 0. The summed E-state index contributed by atoms with van der Waals surface area (Å²) in [6, 6.07) is 14.4. The Labute approximate surface area is 101 Å². The minimum absolute atomic E-state index is 0.957. The first kappa shape index (κ1) is 11.7. The van der Waals surface area contributed by atoms with E-state index in [0.29, 0.717) is 0 Å². The lowest BCUT2D eigenvalue weighted by molar-refractivity contribution is 0.505. The summed E-state index contributed by atoms with van der Waals surface area (Å²) in [5, 5.41) is 3.71. The summed E-state index contributed by atoms with van der Waals surface area (Å²) in [6.45, 7) is 0. The van der Waals surface area contributed by atoms with Crippen molar-refractivity contribution in [2.24, 2.45) is 0 Å². The zero-order valence-electron chi connectivity index (χ0n) is 10.5. The molecule has 0 saturated carbocycles. The fraction of sp³-hybridized carbons (Fsp3) is 0.200. The van der Waals surface area contributed by atoms with Crippen LogP contribution >= 0.6 is 0 Å². The Morgan fingerprint density at radius 1 is 0.824 bits per heavy atom. The van der Waals surface area contributed by atoms with Crippen LogP contribution in [0.4, 0.5) is 0 Å². The molecule has 0 bridgehead atoms. The van der Waals surface area contributed by atoms with Crippen molar-refractivity contribution in [1.82, 2.24) is 4.90 Å². The van der Waals surface area contributed by atoms with Crippen molar-refractivity contribution in [1.29, 1.82) is 0 Å². The lowest BCUT2D eigenvalue weighted by atomic mass is 10.1. The number of furan rings is 1. The monoisotopic (exact) mass is 227 g/mol. The van der Waals surface area contributed by atoms with E-state index >= 15 is 0 Å². The van der Waals surface area contributed by atoms with Crippen LogP contribution in [0.2, 0.25) is 0 Å². The zero-order valence-corrected chi connectivity index (χ0v) is 10.5. The van der Waals surface area contributed by atoms with Gasteiger partial charge >= 0.3 is 0 Å². The van der Waals surface area contributed by atoms with Crippen molar-refractivity contribution >= 4 is 21.7 Å². The van der Waals surface area contributed by atoms with Crippen molar-refractivity contribution in [2.75, 3.05) is 21.1 Å². The van der Waals surface area contributed by atoms with Gasteiger partial charge in [-0.25, -0.2) is 0 Å². The maximum Gasteiger partial charge on any atom is 0.134 e. The molecule has 1 aromatic heterocycles. The highest BCUT2D eigenvalue weighted by atomic mass is 16.3. The largest absolute Gasteiger partial charge is 0.464 e. The Balaban J connectivity index is 0.000000239. The Kier molecular flexibility index (Phi) is 3.45. The number of hydrogen-bond donors (Lipinski definition) is 0. The molecule has 88 valence electrons. The summed E-state index contributed by atoms with van der Waals surface area (Å²) < 4.78 is 5.33. The van der Waals surface area contributed by atoms with Crippen LogP contribution in [-0.4, -0.2) is 26.0 Å². The van der Waals surface area contributed by atoms with Gasteiger partial charge in [-0.1, -0.05) is 30.3 Å². The molecule has 0 aliphatic heterocycles. The predicted octanol–water partition coefficient (Wildman–Crippen LogP) is 3.76. The van der Waals surface area contributed by atoms with Gasteiger partial charge in [0.2, 0.25) is 0 Å². The third-order valence-corrected chi connectivity index (χ3v) is 2.36. The second kappa shape index (κ2) is 5.02. The fourth-order valence-corrected chi connectivity index (χ4v) is 1.73. The second-order valence-corrected chi connectivity index (χ2v) is 4.46. The molecule has 0 spiro atoms. The molecular formula is C15H17NO. The molecule has 0 unspecified atom stereocenters. The fourth-order valence-electron chi connectivity index (χ4n) is 1.73. The number of rotatable bonds is 0. The van der Waals surface area contributed by atoms with Crippen LogP contribution in [0.5, 0.6) is 0 Å². The molecule has 0 amide bonds. The van der Waals surface area contributed by atoms with E-state index in [-0.39, 0.29) is 0 Å². The summed E-state index contributed by atoms with van der Waals surface area (Å²) in [5.41, 5.74) is 0.957. The molecule has 2 heteroatoms. The van der Waals surface area contributed by atoms with E-state index in [2.05, 4.69) is 24.3 Å². The van der Waals surface area contributed by atoms with Gasteiger partial charge in [-0.3, -0.25) is 0 Å². The summed E-state index contributed by atoms with van der Waals surface area (Å²) in [7, 11) is 6.00. The predicted molar refractivity (Wildman–Crippen MR) is 73.3 cm³/mol. The van der Waals surface area contributed by atoms with Gasteiger partial charge in [-0.05, 0) is 44.0 Å². The lowest BCUT2D eigenvalue weighted by Gasteiger charge is -1.96. The van der Waals surface area contributed by atoms with E-state index in [1.165, 1.54) is 16.2 Å². The molecule has 0 N–H and O–H groups in total. The molecule has 0 aliphatic carbocycles. The molecule has 0 fully saturated rings. The van der Waals surface area contributed by atoms with Gasteiger partial charge in [-0.2, -0.15) is 0 Å². The van der Waals surface area contributed by atoms with E-state index in [9.17, 15) is 0 Å². The van der Waals surface area contributed by atoms with Crippen molar-refractivity contribution in [3.8, 4) is 0 Å². The van der Waals surface area contributed by atoms with E-state index in [0.717, 1.165) is 5.58 Å². The first-order valence-corrected chi connectivity index (χ1v) is 5.64. The molecule has 0 aliphatic rings. The first-order chi connectivity index (χ1) is 8.18. The van der Waals surface area contributed by atoms with Crippen LogP contribution in [0.3, 0.4) is 0 Å². The SMILES string of the molecule is CN(C)C.c1ccc2c(c1)ccc1occc12. The second-order valence-electron chi connectivity index (χ2n) is 4.46. The van der Waals surface area contributed by atoms with Crippen LogP contribution in [-0.2, 0) is 0 Å². The van der Waals surface area contributed by atoms with Crippen LogP contribution in [0, 0.1) is 0 Å². The third-order valence-electron chi connectivity index (χ3n) is 2.36. The maximum atomic E-state index is 5.33. The standard InChI is InChI=1S/C12H8O.C3H9N/c1-2-4-10-9(3-1)5-6-12-11(10)7-8-13-12;1-4(2)3/h1-8H;1-3H3. The molecule has 1 heterocycles. The highest BCUT2D eigenvalue weighted by Crippen LogP contribution is 2.25. The highest BCUT2D eigenvalue weighted by molar-refractivity contribution is 6.05. The number of fused-ring (bicyclic) bond motifs is 3. The van der Waals surface area contributed by atoms with Gasteiger partial charge < -0.3 is 9.32 Å². The van der Waals surface area contributed by atoms with Crippen molar-refractivity contribution in [2.45, 2.75) is 0 Å². The van der Waals surface area contributed by atoms with E-state index < -0.39 is 0 Å². The van der Waals surface area contributed by atoms with Gasteiger partial charge in [0, 0.05) is 5.39 Å². The molecule has 2 aromatic carbocycles. The molecule has 3 rings (SSSR count). The Bertz CT molecular complexity index is 607. The minimum atomic E-state index is 0.957. The molecule has 0 radical (unpaired) electrons. The normalized spacial score (nSPS) is 10.6. The topological polar surface area (TPSA) is 16.4 Å². The lowest BCUT2D eigenvalue weighted by Crippen LogP contribution is -1.99. The van der Waals surface area contributed by atoms with Crippen LogP contribution in [0.25, 0.3) is 21.7 Å². The first-order valence-electron chi connectivity index (χ1n) is 5.64. The Morgan fingerprint density at radius 2 is 1.53 bits per heavy atom. The van der Waals surface area contributed by atoms with Gasteiger partial charge in [0.15, 0.2) is 0 Å². The summed E-state index contributed by atoms with van der Waals surface area (Å²) in [5.74, 6) is 0. The number of benzene rings is 2. The van der Waals surface area contributed by atoms with Gasteiger partial charge in [0.25, 0.3) is 0 Å². The quantitative estimate of drug-likeness (QED) is 0.581. The number of nitrogens with zero attached hydrogens (tertiary/aromatic N) is 1.